The summed E-state index contributed by atoms with van der Waals surface area (Å²) in [6.07, 6.45) is -1.22. The van der Waals surface area contributed by atoms with Gasteiger partial charge in [-0.2, -0.15) is 13.2 Å². The molecule has 2 aromatic heterocycles. The number of rotatable bonds is 13. The van der Waals surface area contributed by atoms with Crippen LogP contribution in [0, 0.1) is 5.82 Å². The molecule has 0 bridgehead atoms. The van der Waals surface area contributed by atoms with Gasteiger partial charge in [0.05, 0.1) is 41.2 Å². The Hall–Kier alpha value is -5.10. The minimum absolute atomic E-state index is 0.0853. The van der Waals surface area contributed by atoms with Gasteiger partial charge in [0.1, 0.15) is 17.4 Å². The molecule has 0 saturated carbocycles. The van der Waals surface area contributed by atoms with Crippen LogP contribution in [-0.4, -0.2) is 52.1 Å². The number of hydrogen-bond donors (Lipinski definition) is 1. The smallest absolute Gasteiger partial charge is 0.419 e. The van der Waals surface area contributed by atoms with Gasteiger partial charge in [0, 0.05) is 18.9 Å². The molecule has 2 heterocycles. The van der Waals surface area contributed by atoms with Gasteiger partial charge in [-0.1, -0.05) is 18.2 Å². The zero-order chi connectivity index (χ0) is 34.3. The standard InChI is InChI=1S/C36H35F4N5O3/c1-3-48-27-11-9-26(10-12-27)45-34(43-31-7-5-4-6-28(31)35(45)47)32(16-18-41-2)44(21-17-24-14-19-42-20-15-24)33(46)23-25-8-13-29(30(37)22-25)36(38,39)40/h4-15,19-20,22,32,41H,3,16-18,21,23H2,1-2H3. The maximum atomic E-state index is 14.6. The molecule has 1 amide bonds. The van der Waals surface area contributed by atoms with E-state index in [4.69, 9.17) is 9.72 Å². The highest BCUT2D eigenvalue weighted by atomic mass is 19.4. The number of fused-ring (bicyclic) bond motifs is 1. The number of halogens is 4. The van der Waals surface area contributed by atoms with Gasteiger partial charge >= 0.3 is 6.18 Å². The fourth-order valence-corrected chi connectivity index (χ4v) is 5.61. The van der Waals surface area contributed by atoms with Gasteiger partial charge in [0.25, 0.3) is 5.56 Å². The van der Waals surface area contributed by atoms with Crippen molar-refractivity contribution in [2.24, 2.45) is 0 Å². The predicted octanol–water partition coefficient (Wildman–Crippen LogP) is 6.30. The highest BCUT2D eigenvalue weighted by Crippen LogP contribution is 2.32. The lowest BCUT2D eigenvalue weighted by molar-refractivity contribution is -0.140. The Kier molecular flexibility index (Phi) is 10.8. The molecule has 0 spiro atoms. The molecule has 1 atom stereocenters. The normalized spacial score (nSPS) is 12.2. The number of carbonyl (C=O) groups is 1. The SMILES string of the molecule is CCOc1ccc(-n2c(C(CCNC)N(CCc3ccncc3)C(=O)Cc3ccc(C(F)(F)F)c(F)c3)nc3ccccc3c2=O)cc1. The Morgan fingerprint density at radius 2 is 1.73 bits per heavy atom. The number of alkyl halides is 3. The van der Waals surface area contributed by atoms with E-state index in [1.807, 2.05) is 19.1 Å². The molecule has 250 valence electrons. The monoisotopic (exact) mass is 661 g/mol. The van der Waals surface area contributed by atoms with Crippen LogP contribution in [0.15, 0.2) is 96.1 Å². The summed E-state index contributed by atoms with van der Waals surface area (Å²) in [6.45, 7) is 2.94. The lowest BCUT2D eigenvalue weighted by Gasteiger charge is -2.33. The van der Waals surface area contributed by atoms with Crippen LogP contribution in [0.5, 0.6) is 5.75 Å². The number of ether oxygens (including phenoxy) is 1. The van der Waals surface area contributed by atoms with Crippen molar-refractivity contribution in [3.8, 4) is 11.4 Å². The van der Waals surface area contributed by atoms with Crippen molar-refractivity contribution in [1.82, 2.24) is 24.8 Å². The van der Waals surface area contributed by atoms with Crippen molar-refractivity contribution in [2.75, 3.05) is 26.7 Å². The van der Waals surface area contributed by atoms with Crippen LogP contribution >= 0.6 is 0 Å². The molecule has 3 aromatic carbocycles. The molecule has 5 rings (SSSR count). The van der Waals surface area contributed by atoms with E-state index in [-0.39, 0.29) is 24.1 Å². The van der Waals surface area contributed by atoms with Crippen LogP contribution in [-0.2, 0) is 23.8 Å². The van der Waals surface area contributed by atoms with Gasteiger partial charge in [-0.3, -0.25) is 19.1 Å². The fourth-order valence-electron chi connectivity index (χ4n) is 5.61. The van der Waals surface area contributed by atoms with Gasteiger partial charge in [0.2, 0.25) is 5.91 Å². The highest BCUT2D eigenvalue weighted by Gasteiger charge is 2.35. The van der Waals surface area contributed by atoms with E-state index in [1.54, 1.807) is 72.9 Å². The molecular weight excluding hydrogens is 626 g/mol. The fraction of sp³-hybridized carbons (Fsp3) is 0.278. The van der Waals surface area contributed by atoms with E-state index in [2.05, 4.69) is 10.3 Å². The van der Waals surface area contributed by atoms with Gasteiger partial charge < -0.3 is 15.0 Å². The Bertz CT molecular complexity index is 1910. The Morgan fingerprint density at radius 3 is 2.40 bits per heavy atom. The zero-order valence-electron chi connectivity index (χ0n) is 26.5. The van der Waals surface area contributed by atoms with E-state index in [1.165, 1.54) is 4.57 Å². The molecule has 0 aliphatic carbocycles. The summed E-state index contributed by atoms with van der Waals surface area (Å²) in [5.41, 5.74) is 0.201. The maximum Gasteiger partial charge on any atom is 0.419 e. The van der Waals surface area contributed by atoms with Gasteiger partial charge in [-0.25, -0.2) is 9.37 Å². The first kappa shape index (κ1) is 34.2. The minimum atomic E-state index is -4.87. The number of nitrogens with one attached hydrogen (secondary N) is 1. The maximum absolute atomic E-state index is 14.6. The van der Waals surface area contributed by atoms with Crippen LogP contribution in [0.1, 0.15) is 41.9 Å². The number of pyridine rings is 1. The van der Waals surface area contributed by atoms with E-state index < -0.39 is 29.5 Å². The van der Waals surface area contributed by atoms with Crippen molar-refractivity contribution in [1.29, 1.82) is 0 Å². The summed E-state index contributed by atoms with van der Waals surface area (Å²) in [6, 6.07) is 19.3. The number of carbonyl (C=O) groups excluding carboxylic acids is 1. The molecule has 5 aromatic rings. The van der Waals surface area contributed by atoms with E-state index in [0.717, 1.165) is 17.7 Å². The molecule has 8 nitrogen and oxygen atoms in total. The summed E-state index contributed by atoms with van der Waals surface area (Å²) < 4.78 is 61.4. The summed E-state index contributed by atoms with van der Waals surface area (Å²) in [5.74, 6) is -0.998. The Labute approximate surface area is 275 Å². The molecular formula is C36H35F4N5O3. The highest BCUT2D eigenvalue weighted by molar-refractivity contribution is 5.80. The predicted molar refractivity (Wildman–Crippen MR) is 175 cm³/mol. The van der Waals surface area contributed by atoms with Crippen LogP contribution in [0.2, 0.25) is 0 Å². The number of benzene rings is 3. The summed E-state index contributed by atoms with van der Waals surface area (Å²) in [4.78, 5) is 39.0. The number of aromatic nitrogens is 3. The van der Waals surface area contributed by atoms with Crippen molar-refractivity contribution in [3.63, 3.8) is 0 Å². The van der Waals surface area contributed by atoms with E-state index in [0.29, 0.717) is 60.2 Å². The molecule has 1 N–H and O–H groups in total. The largest absolute Gasteiger partial charge is 0.494 e. The van der Waals surface area contributed by atoms with E-state index >= 15 is 0 Å². The van der Waals surface area contributed by atoms with Crippen molar-refractivity contribution >= 4 is 16.8 Å². The second-order valence-corrected chi connectivity index (χ2v) is 11.1. The first-order chi connectivity index (χ1) is 23.1. The number of nitrogens with zero attached hydrogens (tertiary/aromatic N) is 4. The third-order valence-corrected chi connectivity index (χ3v) is 7.95. The Morgan fingerprint density at radius 1 is 1.00 bits per heavy atom. The van der Waals surface area contributed by atoms with Crippen LogP contribution < -0.4 is 15.6 Å². The van der Waals surface area contributed by atoms with Gasteiger partial charge in [-0.15, -0.1) is 0 Å². The lowest BCUT2D eigenvalue weighted by Crippen LogP contribution is -2.41. The average Bonchev–Trinajstić information content (AvgIpc) is 3.07. The van der Waals surface area contributed by atoms with Crippen molar-refractivity contribution < 1.29 is 27.1 Å². The summed E-state index contributed by atoms with van der Waals surface area (Å²) >= 11 is 0. The van der Waals surface area contributed by atoms with Crippen LogP contribution in [0.4, 0.5) is 17.6 Å². The minimum Gasteiger partial charge on any atom is -0.494 e. The Balaban J connectivity index is 1.64. The number of para-hydroxylation sites is 1. The molecule has 0 aliphatic rings. The molecule has 12 heteroatoms. The summed E-state index contributed by atoms with van der Waals surface area (Å²) in [7, 11) is 1.76. The second-order valence-electron chi connectivity index (χ2n) is 11.1. The first-order valence-electron chi connectivity index (χ1n) is 15.5. The molecule has 48 heavy (non-hydrogen) atoms. The van der Waals surface area contributed by atoms with Gasteiger partial charge in [0.15, 0.2) is 0 Å². The lowest BCUT2D eigenvalue weighted by atomic mass is 10.0. The topological polar surface area (TPSA) is 89.3 Å². The second kappa shape index (κ2) is 15.2. The average molecular weight is 662 g/mol. The number of hydrogen-bond acceptors (Lipinski definition) is 6. The van der Waals surface area contributed by atoms with Gasteiger partial charge in [-0.05, 0) is 105 Å². The quantitative estimate of drug-likeness (QED) is 0.149. The number of amides is 1. The third-order valence-electron chi connectivity index (χ3n) is 7.95. The zero-order valence-corrected chi connectivity index (χ0v) is 26.5. The molecule has 0 aliphatic heterocycles. The van der Waals surface area contributed by atoms with E-state index in [9.17, 15) is 27.2 Å². The molecule has 0 saturated heterocycles. The van der Waals surface area contributed by atoms with Crippen LogP contribution in [0.25, 0.3) is 16.6 Å². The molecule has 0 radical (unpaired) electrons. The van der Waals surface area contributed by atoms with Crippen LogP contribution in [0.3, 0.4) is 0 Å². The summed E-state index contributed by atoms with van der Waals surface area (Å²) in [5, 5.41) is 3.50. The molecule has 1 unspecified atom stereocenters. The van der Waals surface area contributed by atoms with Crippen molar-refractivity contribution in [2.45, 2.75) is 38.4 Å². The third kappa shape index (κ3) is 7.88. The molecule has 0 fully saturated rings. The van der Waals surface area contributed by atoms with Crippen molar-refractivity contribution in [3.05, 3.63) is 130 Å². The first-order valence-corrected chi connectivity index (χ1v) is 15.5.